The van der Waals surface area contributed by atoms with E-state index >= 15 is 0 Å². The minimum Gasteiger partial charge on any atom is -0.379 e. The van der Waals surface area contributed by atoms with Crippen LogP contribution in [0.5, 0.6) is 0 Å². The summed E-state index contributed by atoms with van der Waals surface area (Å²) in [5.74, 6) is 1.47. The van der Waals surface area contributed by atoms with Crippen LogP contribution in [0, 0.1) is 6.92 Å². The van der Waals surface area contributed by atoms with E-state index < -0.39 is 0 Å². The molecule has 6 nitrogen and oxygen atoms in total. The van der Waals surface area contributed by atoms with Gasteiger partial charge in [-0.2, -0.15) is 4.98 Å². The molecule has 1 aromatic rings. The first kappa shape index (κ1) is 11.1. The molecule has 1 saturated heterocycles. The zero-order chi connectivity index (χ0) is 11.4. The molecule has 2 rings (SSSR count). The van der Waals surface area contributed by atoms with E-state index in [9.17, 15) is 0 Å². The van der Waals surface area contributed by atoms with Gasteiger partial charge in [0.1, 0.15) is 5.82 Å². The largest absolute Gasteiger partial charge is 0.379 e. The van der Waals surface area contributed by atoms with E-state index in [2.05, 4.69) is 25.7 Å². The number of anilines is 2. The fourth-order valence-electron chi connectivity index (χ4n) is 1.50. The third kappa shape index (κ3) is 2.59. The van der Waals surface area contributed by atoms with Crippen LogP contribution in [0.15, 0.2) is 6.20 Å². The minimum atomic E-state index is 0.626. The Morgan fingerprint density at radius 2 is 2.12 bits per heavy atom. The fraction of sp³-hybridized carbons (Fsp3) is 0.600. The molecule has 0 aliphatic carbocycles. The highest BCUT2D eigenvalue weighted by Gasteiger charge is 2.12. The highest BCUT2D eigenvalue weighted by atomic mass is 16.5. The van der Waals surface area contributed by atoms with Crippen LogP contribution in [0.4, 0.5) is 11.8 Å². The summed E-state index contributed by atoms with van der Waals surface area (Å²) >= 11 is 0. The smallest absolute Gasteiger partial charge is 0.224 e. The molecule has 0 spiro atoms. The van der Waals surface area contributed by atoms with E-state index in [1.807, 2.05) is 20.2 Å². The molecular formula is C10H17N5O. The van der Waals surface area contributed by atoms with Gasteiger partial charge in [-0.25, -0.2) is 9.99 Å². The van der Waals surface area contributed by atoms with E-state index in [1.165, 1.54) is 0 Å². The molecule has 0 unspecified atom stereocenters. The Labute approximate surface area is 95.0 Å². The third-order valence-electron chi connectivity index (χ3n) is 2.47. The lowest BCUT2D eigenvalue weighted by molar-refractivity contribution is 0.0494. The van der Waals surface area contributed by atoms with Crippen molar-refractivity contribution in [1.82, 2.24) is 15.0 Å². The number of morpholine rings is 1. The molecule has 88 valence electrons. The topological polar surface area (TPSA) is 62.3 Å². The second kappa shape index (κ2) is 5.09. The van der Waals surface area contributed by atoms with Crippen LogP contribution in [0.1, 0.15) is 5.56 Å². The van der Waals surface area contributed by atoms with Gasteiger partial charge in [-0.1, -0.05) is 0 Å². The Hall–Kier alpha value is -1.40. The van der Waals surface area contributed by atoms with Gasteiger partial charge >= 0.3 is 0 Å². The number of ether oxygens (including phenoxy) is 1. The quantitative estimate of drug-likeness (QED) is 0.777. The molecule has 2 heterocycles. The number of hydrogen-bond acceptors (Lipinski definition) is 6. The molecule has 0 aromatic carbocycles. The Morgan fingerprint density at radius 1 is 1.38 bits per heavy atom. The van der Waals surface area contributed by atoms with Crippen molar-refractivity contribution in [2.24, 2.45) is 0 Å². The lowest BCUT2D eigenvalue weighted by Crippen LogP contribution is -2.40. The zero-order valence-corrected chi connectivity index (χ0v) is 9.66. The second-order valence-electron chi connectivity index (χ2n) is 3.69. The second-order valence-corrected chi connectivity index (χ2v) is 3.69. The van der Waals surface area contributed by atoms with Crippen molar-refractivity contribution >= 4 is 11.8 Å². The summed E-state index contributed by atoms with van der Waals surface area (Å²) in [4.78, 5) is 8.51. The molecular weight excluding hydrogens is 206 g/mol. The van der Waals surface area contributed by atoms with Crippen LogP contribution in [-0.4, -0.2) is 48.3 Å². The number of aryl methyl sites for hydroxylation is 1. The lowest BCUT2D eigenvalue weighted by atomic mass is 10.3. The monoisotopic (exact) mass is 223 g/mol. The number of hydrazine groups is 1. The molecule has 2 N–H and O–H groups in total. The predicted molar refractivity (Wildman–Crippen MR) is 62.3 cm³/mol. The maximum Gasteiger partial charge on any atom is 0.224 e. The molecule has 1 aliphatic heterocycles. The molecule has 0 saturated carbocycles. The van der Waals surface area contributed by atoms with E-state index in [0.29, 0.717) is 5.95 Å². The first-order chi connectivity index (χ1) is 7.79. The average molecular weight is 223 g/mol. The van der Waals surface area contributed by atoms with E-state index in [4.69, 9.17) is 4.74 Å². The van der Waals surface area contributed by atoms with Crippen molar-refractivity contribution in [3.8, 4) is 0 Å². The third-order valence-corrected chi connectivity index (χ3v) is 2.47. The van der Waals surface area contributed by atoms with Gasteiger partial charge < -0.3 is 15.5 Å². The van der Waals surface area contributed by atoms with Crippen molar-refractivity contribution in [3.05, 3.63) is 11.8 Å². The SMILES string of the molecule is CNc1ncc(C)c(NN2CCOCC2)n1. The molecule has 0 atom stereocenters. The summed E-state index contributed by atoms with van der Waals surface area (Å²) in [7, 11) is 1.81. The van der Waals surface area contributed by atoms with Crippen molar-refractivity contribution in [2.45, 2.75) is 6.92 Å². The minimum absolute atomic E-state index is 0.626. The Bertz CT molecular complexity index is 351. The van der Waals surface area contributed by atoms with Crippen LogP contribution in [0.2, 0.25) is 0 Å². The molecule has 0 radical (unpaired) electrons. The molecule has 6 heteroatoms. The van der Waals surface area contributed by atoms with E-state index in [0.717, 1.165) is 37.7 Å². The van der Waals surface area contributed by atoms with Crippen molar-refractivity contribution in [2.75, 3.05) is 44.1 Å². The van der Waals surface area contributed by atoms with Gasteiger partial charge in [-0.05, 0) is 6.92 Å². The fourth-order valence-corrected chi connectivity index (χ4v) is 1.50. The standard InChI is InChI=1S/C10H17N5O/c1-8-7-12-10(11-2)13-9(8)14-15-3-5-16-6-4-15/h7H,3-6H2,1-2H3,(H2,11,12,13,14). The molecule has 0 amide bonds. The highest BCUT2D eigenvalue weighted by Crippen LogP contribution is 2.13. The van der Waals surface area contributed by atoms with Crippen molar-refractivity contribution in [3.63, 3.8) is 0 Å². The van der Waals surface area contributed by atoms with Gasteiger partial charge in [0.2, 0.25) is 5.95 Å². The van der Waals surface area contributed by atoms with Gasteiger partial charge in [0.25, 0.3) is 0 Å². The summed E-state index contributed by atoms with van der Waals surface area (Å²) in [5.41, 5.74) is 4.32. The summed E-state index contributed by atoms with van der Waals surface area (Å²) < 4.78 is 5.29. The summed E-state index contributed by atoms with van der Waals surface area (Å²) in [6, 6.07) is 0. The van der Waals surface area contributed by atoms with Gasteiger partial charge in [-0.15, -0.1) is 0 Å². The maximum absolute atomic E-state index is 5.29. The van der Waals surface area contributed by atoms with E-state index in [1.54, 1.807) is 0 Å². The first-order valence-corrected chi connectivity index (χ1v) is 5.40. The average Bonchev–Trinajstić information content (AvgIpc) is 2.33. The number of rotatable bonds is 3. The van der Waals surface area contributed by atoms with Crippen molar-refractivity contribution < 1.29 is 4.74 Å². The number of nitrogens with one attached hydrogen (secondary N) is 2. The van der Waals surface area contributed by atoms with Crippen LogP contribution in [-0.2, 0) is 4.74 Å². The van der Waals surface area contributed by atoms with Crippen LogP contribution in [0.25, 0.3) is 0 Å². The van der Waals surface area contributed by atoms with Gasteiger partial charge in [-0.3, -0.25) is 0 Å². The number of nitrogens with zero attached hydrogens (tertiary/aromatic N) is 3. The molecule has 16 heavy (non-hydrogen) atoms. The van der Waals surface area contributed by atoms with E-state index in [-0.39, 0.29) is 0 Å². The highest BCUT2D eigenvalue weighted by molar-refractivity contribution is 5.45. The Morgan fingerprint density at radius 3 is 2.81 bits per heavy atom. The van der Waals surface area contributed by atoms with Crippen LogP contribution >= 0.6 is 0 Å². The summed E-state index contributed by atoms with van der Waals surface area (Å²) in [5, 5.41) is 5.04. The Kier molecular flexibility index (Phi) is 3.53. The molecule has 1 aromatic heterocycles. The zero-order valence-electron chi connectivity index (χ0n) is 9.66. The summed E-state index contributed by atoms with van der Waals surface area (Å²) in [6.07, 6.45) is 1.81. The lowest BCUT2D eigenvalue weighted by Gasteiger charge is -2.28. The van der Waals surface area contributed by atoms with Crippen LogP contribution in [0.3, 0.4) is 0 Å². The van der Waals surface area contributed by atoms with Crippen molar-refractivity contribution in [1.29, 1.82) is 0 Å². The number of aromatic nitrogens is 2. The maximum atomic E-state index is 5.29. The molecule has 1 aliphatic rings. The molecule has 1 fully saturated rings. The van der Waals surface area contributed by atoms with Gasteiger partial charge in [0.15, 0.2) is 0 Å². The predicted octanol–water partition coefficient (Wildman–Crippen LogP) is 0.486. The summed E-state index contributed by atoms with van der Waals surface area (Å²) in [6.45, 7) is 5.25. The van der Waals surface area contributed by atoms with Gasteiger partial charge in [0, 0.05) is 31.9 Å². The molecule has 0 bridgehead atoms. The van der Waals surface area contributed by atoms with Gasteiger partial charge in [0.05, 0.1) is 13.2 Å². The number of hydrogen-bond donors (Lipinski definition) is 2. The normalized spacial score (nSPS) is 17.1. The Balaban J connectivity index is 2.06. The van der Waals surface area contributed by atoms with Crippen LogP contribution < -0.4 is 10.7 Å². The first-order valence-electron chi connectivity index (χ1n) is 5.40.